The van der Waals surface area contributed by atoms with Crippen molar-refractivity contribution in [1.29, 1.82) is 0 Å². The first-order chi connectivity index (χ1) is 12.1. The minimum absolute atomic E-state index is 0.224. The van der Waals surface area contributed by atoms with Crippen molar-refractivity contribution >= 4 is 11.8 Å². The Bertz CT molecular complexity index is 704. The second-order valence-corrected chi connectivity index (χ2v) is 5.66. The summed E-state index contributed by atoms with van der Waals surface area (Å²) in [5.41, 5.74) is 1.52. The number of pyridine rings is 1. The van der Waals surface area contributed by atoms with Crippen molar-refractivity contribution in [3.63, 3.8) is 0 Å². The maximum Gasteiger partial charge on any atom is 0.272 e. The summed E-state index contributed by atoms with van der Waals surface area (Å²) < 4.78 is 4.94. The van der Waals surface area contributed by atoms with Gasteiger partial charge in [0.05, 0.1) is 0 Å². The number of benzene rings is 1. The zero-order valence-corrected chi connectivity index (χ0v) is 14.6. The van der Waals surface area contributed by atoms with Crippen molar-refractivity contribution in [1.82, 2.24) is 15.2 Å². The van der Waals surface area contributed by atoms with Crippen molar-refractivity contribution in [2.45, 2.75) is 13.0 Å². The van der Waals surface area contributed by atoms with E-state index < -0.39 is 0 Å². The molecule has 0 aliphatic carbocycles. The molecule has 132 valence electrons. The molecule has 6 heteroatoms. The number of hydrogen-bond acceptors (Lipinski definition) is 4. The average Bonchev–Trinajstić information content (AvgIpc) is 2.65. The van der Waals surface area contributed by atoms with Crippen molar-refractivity contribution in [2.75, 3.05) is 27.3 Å². The SMILES string of the molecule is COCCCNC(=O)c1cccc(C(=O)N(C)Cc2ccccc2)n1. The summed E-state index contributed by atoms with van der Waals surface area (Å²) in [4.78, 5) is 30.4. The van der Waals surface area contributed by atoms with Gasteiger partial charge in [0.25, 0.3) is 11.8 Å². The highest BCUT2D eigenvalue weighted by Crippen LogP contribution is 2.08. The fourth-order valence-electron chi connectivity index (χ4n) is 2.31. The minimum atomic E-state index is -0.295. The monoisotopic (exact) mass is 341 g/mol. The molecule has 1 heterocycles. The molecule has 6 nitrogen and oxygen atoms in total. The number of nitrogens with zero attached hydrogens (tertiary/aromatic N) is 2. The van der Waals surface area contributed by atoms with Gasteiger partial charge in [-0.1, -0.05) is 36.4 Å². The predicted molar refractivity (Wildman–Crippen MR) is 95.3 cm³/mol. The molecule has 1 aromatic carbocycles. The fraction of sp³-hybridized carbons (Fsp3) is 0.316. The molecule has 2 rings (SSSR count). The third kappa shape index (κ3) is 5.69. The first kappa shape index (κ1) is 18.6. The Morgan fingerprint density at radius 3 is 2.52 bits per heavy atom. The molecule has 0 aliphatic rings. The van der Waals surface area contributed by atoms with Crippen LogP contribution in [0.1, 0.15) is 33.0 Å². The van der Waals surface area contributed by atoms with Gasteiger partial charge in [0.2, 0.25) is 0 Å². The Kier molecular flexibility index (Phi) is 7.10. The van der Waals surface area contributed by atoms with Gasteiger partial charge in [-0.2, -0.15) is 0 Å². The van der Waals surface area contributed by atoms with Crippen LogP contribution in [0.3, 0.4) is 0 Å². The van der Waals surface area contributed by atoms with Crippen molar-refractivity contribution in [3.8, 4) is 0 Å². The van der Waals surface area contributed by atoms with Crippen LogP contribution in [0.4, 0.5) is 0 Å². The van der Waals surface area contributed by atoms with Crippen LogP contribution in [0, 0.1) is 0 Å². The molecule has 0 saturated carbocycles. The van der Waals surface area contributed by atoms with E-state index in [1.165, 1.54) is 0 Å². The van der Waals surface area contributed by atoms with Crippen LogP contribution in [-0.4, -0.2) is 49.0 Å². The number of rotatable bonds is 8. The standard InChI is InChI=1S/C19H23N3O3/c1-22(14-15-8-4-3-5-9-15)19(24)17-11-6-10-16(21-17)18(23)20-12-7-13-25-2/h3-6,8-11H,7,12-14H2,1-2H3,(H,20,23). The summed E-state index contributed by atoms with van der Waals surface area (Å²) in [7, 11) is 3.33. The maximum atomic E-state index is 12.5. The van der Waals surface area contributed by atoms with E-state index in [2.05, 4.69) is 10.3 Å². The molecule has 1 aromatic heterocycles. The minimum Gasteiger partial charge on any atom is -0.385 e. The highest BCUT2D eigenvalue weighted by atomic mass is 16.5. The number of nitrogens with one attached hydrogen (secondary N) is 1. The van der Waals surface area contributed by atoms with E-state index >= 15 is 0 Å². The summed E-state index contributed by atoms with van der Waals surface area (Å²) in [6.45, 7) is 1.56. The van der Waals surface area contributed by atoms with Crippen LogP contribution in [0.25, 0.3) is 0 Å². The summed E-state index contributed by atoms with van der Waals surface area (Å²) in [6, 6.07) is 14.6. The molecule has 2 aromatic rings. The van der Waals surface area contributed by atoms with Crippen molar-refractivity contribution < 1.29 is 14.3 Å². The van der Waals surface area contributed by atoms with E-state index in [-0.39, 0.29) is 23.2 Å². The molecule has 0 saturated heterocycles. The molecule has 0 unspecified atom stereocenters. The number of ether oxygens (including phenoxy) is 1. The quantitative estimate of drug-likeness (QED) is 0.747. The molecule has 0 fully saturated rings. The Hall–Kier alpha value is -2.73. The largest absolute Gasteiger partial charge is 0.385 e. The van der Waals surface area contributed by atoms with Gasteiger partial charge in [-0.3, -0.25) is 9.59 Å². The van der Waals surface area contributed by atoms with E-state index in [0.29, 0.717) is 19.7 Å². The fourth-order valence-corrected chi connectivity index (χ4v) is 2.31. The van der Waals surface area contributed by atoms with Gasteiger partial charge in [-0.25, -0.2) is 4.98 Å². The first-order valence-corrected chi connectivity index (χ1v) is 8.15. The lowest BCUT2D eigenvalue weighted by atomic mass is 10.2. The van der Waals surface area contributed by atoms with Crippen LogP contribution in [0.2, 0.25) is 0 Å². The number of carbonyl (C=O) groups is 2. The van der Waals surface area contributed by atoms with E-state index in [0.717, 1.165) is 12.0 Å². The number of hydrogen-bond donors (Lipinski definition) is 1. The van der Waals surface area contributed by atoms with Crippen molar-refractivity contribution in [3.05, 3.63) is 65.5 Å². The van der Waals surface area contributed by atoms with E-state index in [9.17, 15) is 9.59 Å². The zero-order valence-electron chi connectivity index (χ0n) is 14.6. The topological polar surface area (TPSA) is 71.5 Å². The maximum absolute atomic E-state index is 12.5. The Morgan fingerprint density at radius 2 is 1.80 bits per heavy atom. The highest BCUT2D eigenvalue weighted by Gasteiger charge is 2.16. The Balaban J connectivity index is 1.99. The van der Waals surface area contributed by atoms with Gasteiger partial charge in [0, 0.05) is 33.9 Å². The molecule has 0 bridgehead atoms. The van der Waals surface area contributed by atoms with E-state index in [4.69, 9.17) is 4.74 Å². The van der Waals surface area contributed by atoms with E-state index in [1.807, 2.05) is 30.3 Å². The van der Waals surface area contributed by atoms with Gasteiger partial charge >= 0.3 is 0 Å². The number of carbonyl (C=O) groups excluding carboxylic acids is 2. The van der Waals surface area contributed by atoms with Crippen LogP contribution in [-0.2, 0) is 11.3 Å². The molecular weight excluding hydrogens is 318 g/mol. The second-order valence-electron chi connectivity index (χ2n) is 5.66. The second kappa shape index (κ2) is 9.54. The van der Waals surface area contributed by atoms with Gasteiger partial charge in [0.15, 0.2) is 0 Å². The van der Waals surface area contributed by atoms with Gasteiger partial charge in [-0.05, 0) is 24.1 Å². The molecule has 0 radical (unpaired) electrons. The molecule has 0 spiro atoms. The summed E-state index contributed by atoms with van der Waals surface area (Å²) >= 11 is 0. The first-order valence-electron chi connectivity index (χ1n) is 8.15. The Morgan fingerprint density at radius 1 is 1.08 bits per heavy atom. The van der Waals surface area contributed by atoms with Crippen LogP contribution < -0.4 is 5.32 Å². The molecular formula is C19H23N3O3. The van der Waals surface area contributed by atoms with Gasteiger partial charge < -0.3 is 15.0 Å². The number of aromatic nitrogens is 1. The smallest absolute Gasteiger partial charge is 0.272 e. The van der Waals surface area contributed by atoms with Crippen LogP contribution >= 0.6 is 0 Å². The average molecular weight is 341 g/mol. The van der Waals surface area contributed by atoms with Crippen molar-refractivity contribution in [2.24, 2.45) is 0 Å². The lowest BCUT2D eigenvalue weighted by Gasteiger charge is -2.17. The normalized spacial score (nSPS) is 10.3. The predicted octanol–water partition coefficient (Wildman–Crippen LogP) is 2.12. The number of amides is 2. The van der Waals surface area contributed by atoms with Crippen LogP contribution in [0.15, 0.2) is 48.5 Å². The summed E-state index contributed by atoms with van der Waals surface area (Å²) in [5, 5.41) is 2.76. The molecule has 0 aliphatic heterocycles. The zero-order chi connectivity index (χ0) is 18.1. The molecule has 25 heavy (non-hydrogen) atoms. The summed E-state index contributed by atoms with van der Waals surface area (Å²) in [5.74, 6) is -0.519. The lowest BCUT2D eigenvalue weighted by Crippen LogP contribution is -2.29. The van der Waals surface area contributed by atoms with Gasteiger partial charge in [0.1, 0.15) is 11.4 Å². The molecule has 2 amide bonds. The highest BCUT2D eigenvalue weighted by molar-refractivity contribution is 5.96. The molecule has 0 atom stereocenters. The third-order valence-electron chi connectivity index (χ3n) is 3.62. The third-order valence-corrected chi connectivity index (χ3v) is 3.62. The van der Waals surface area contributed by atoms with Crippen LogP contribution in [0.5, 0.6) is 0 Å². The Labute approximate surface area is 147 Å². The lowest BCUT2D eigenvalue weighted by molar-refractivity contribution is 0.0779. The molecule has 1 N–H and O–H groups in total. The van der Waals surface area contributed by atoms with E-state index in [1.54, 1.807) is 37.3 Å². The number of methoxy groups -OCH3 is 1. The van der Waals surface area contributed by atoms with Gasteiger partial charge in [-0.15, -0.1) is 0 Å². The summed E-state index contributed by atoms with van der Waals surface area (Å²) in [6.07, 6.45) is 0.723.